The molecule has 0 atom stereocenters. The minimum atomic E-state index is 0.855. The van der Waals surface area contributed by atoms with Crippen LogP contribution in [0.4, 0.5) is 5.69 Å². The number of nitrogens with one attached hydrogen (secondary N) is 1. The van der Waals surface area contributed by atoms with E-state index in [1.54, 1.807) is 0 Å². The monoisotopic (exact) mass is 237 g/mol. The Kier molecular flexibility index (Phi) is 2.73. The van der Waals surface area contributed by atoms with E-state index in [2.05, 4.69) is 57.3 Å². The Morgan fingerprint density at radius 2 is 2.00 bits per heavy atom. The normalized spacial score (nSPS) is 10.7. The molecule has 0 aliphatic heterocycles. The Bertz CT molecular complexity index is 656. The molecule has 2 aromatic heterocycles. The van der Waals surface area contributed by atoms with Crippen LogP contribution in [0.1, 0.15) is 11.4 Å². The van der Waals surface area contributed by atoms with Crippen LogP contribution in [0.3, 0.4) is 0 Å². The van der Waals surface area contributed by atoms with Crippen LogP contribution in [-0.2, 0) is 6.42 Å². The molecular weight excluding hydrogens is 222 g/mol. The maximum atomic E-state index is 4.50. The van der Waals surface area contributed by atoms with Crippen molar-refractivity contribution in [2.45, 2.75) is 6.42 Å². The molecule has 1 aromatic carbocycles. The smallest absolute Gasteiger partial charge is 0.117 e. The maximum Gasteiger partial charge on any atom is 0.117 e. The molecular formula is C15H15N3. The zero-order valence-electron chi connectivity index (χ0n) is 10.3. The third-order valence-electron chi connectivity index (χ3n) is 3.10. The molecule has 0 fully saturated rings. The molecule has 0 bridgehead atoms. The molecule has 2 heterocycles. The van der Waals surface area contributed by atoms with Crippen LogP contribution >= 0.6 is 0 Å². The van der Waals surface area contributed by atoms with Crippen molar-refractivity contribution < 1.29 is 0 Å². The van der Waals surface area contributed by atoms with Crippen molar-refractivity contribution >= 4 is 11.2 Å². The van der Waals surface area contributed by atoms with E-state index in [1.165, 1.54) is 5.56 Å². The first-order chi connectivity index (χ1) is 8.86. The van der Waals surface area contributed by atoms with Gasteiger partial charge in [-0.25, -0.2) is 4.98 Å². The van der Waals surface area contributed by atoms with Crippen molar-refractivity contribution in [2.75, 3.05) is 12.4 Å². The lowest BCUT2D eigenvalue weighted by molar-refractivity contribution is 0.962. The van der Waals surface area contributed by atoms with Gasteiger partial charge in [0.05, 0.1) is 11.7 Å². The highest BCUT2D eigenvalue weighted by molar-refractivity contribution is 5.58. The van der Waals surface area contributed by atoms with Crippen molar-refractivity contribution in [1.82, 2.24) is 9.38 Å². The van der Waals surface area contributed by atoms with Crippen LogP contribution in [0.25, 0.3) is 5.52 Å². The number of pyridine rings is 1. The molecule has 1 N–H and O–H groups in total. The lowest BCUT2D eigenvalue weighted by Gasteiger charge is -2.04. The maximum absolute atomic E-state index is 4.50. The van der Waals surface area contributed by atoms with Crippen molar-refractivity contribution in [2.24, 2.45) is 0 Å². The summed E-state index contributed by atoms with van der Waals surface area (Å²) in [4.78, 5) is 4.50. The fourth-order valence-electron chi connectivity index (χ4n) is 2.12. The highest BCUT2D eigenvalue weighted by atomic mass is 15.0. The van der Waals surface area contributed by atoms with E-state index in [9.17, 15) is 0 Å². The number of benzene rings is 1. The Morgan fingerprint density at radius 1 is 1.17 bits per heavy atom. The molecule has 3 rings (SSSR count). The van der Waals surface area contributed by atoms with Crippen LogP contribution in [0.2, 0.25) is 0 Å². The van der Waals surface area contributed by atoms with E-state index < -0.39 is 0 Å². The molecule has 0 radical (unpaired) electrons. The Labute approximate surface area is 106 Å². The van der Waals surface area contributed by atoms with Crippen LogP contribution < -0.4 is 5.32 Å². The number of rotatable bonds is 3. The second-order valence-corrected chi connectivity index (χ2v) is 4.30. The number of nitrogens with zero attached hydrogens (tertiary/aromatic N) is 2. The van der Waals surface area contributed by atoms with Crippen molar-refractivity contribution in [3.63, 3.8) is 0 Å². The Balaban J connectivity index is 1.98. The molecule has 18 heavy (non-hydrogen) atoms. The number of fused-ring (bicyclic) bond motifs is 1. The van der Waals surface area contributed by atoms with Gasteiger partial charge in [0.1, 0.15) is 5.82 Å². The molecule has 0 unspecified atom stereocenters. The molecule has 3 heteroatoms. The summed E-state index contributed by atoms with van der Waals surface area (Å²) < 4.78 is 2.13. The van der Waals surface area contributed by atoms with E-state index in [-0.39, 0.29) is 0 Å². The van der Waals surface area contributed by atoms with Crippen LogP contribution in [0.15, 0.2) is 54.9 Å². The fraction of sp³-hybridized carbons (Fsp3) is 0.133. The first-order valence-electron chi connectivity index (χ1n) is 6.04. The van der Waals surface area contributed by atoms with Crippen molar-refractivity contribution in [3.05, 3.63) is 66.2 Å². The van der Waals surface area contributed by atoms with Gasteiger partial charge in [-0.3, -0.25) is 0 Å². The zero-order chi connectivity index (χ0) is 12.4. The quantitative estimate of drug-likeness (QED) is 0.759. The molecule has 90 valence electrons. The molecule has 0 saturated heterocycles. The molecule has 0 aliphatic rings. The molecule has 0 amide bonds. The average molecular weight is 237 g/mol. The van der Waals surface area contributed by atoms with Gasteiger partial charge in [-0.05, 0) is 17.7 Å². The van der Waals surface area contributed by atoms with Gasteiger partial charge in [-0.1, -0.05) is 30.3 Å². The van der Waals surface area contributed by atoms with Crippen LogP contribution in [0.5, 0.6) is 0 Å². The van der Waals surface area contributed by atoms with Gasteiger partial charge in [0.15, 0.2) is 0 Å². The zero-order valence-corrected chi connectivity index (χ0v) is 10.3. The number of hydrogen-bond acceptors (Lipinski definition) is 2. The lowest BCUT2D eigenvalue weighted by atomic mass is 10.1. The summed E-state index contributed by atoms with van der Waals surface area (Å²) in [6.45, 7) is 0. The van der Waals surface area contributed by atoms with Crippen molar-refractivity contribution in [1.29, 1.82) is 0 Å². The second kappa shape index (κ2) is 4.53. The summed E-state index contributed by atoms with van der Waals surface area (Å²) in [5.41, 5.74) is 3.50. The van der Waals surface area contributed by atoms with Crippen LogP contribution in [-0.4, -0.2) is 16.4 Å². The predicted octanol–water partition coefficient (Wildman–Crippen LogP) is 2.97. The minimum absolute atomic E-state index is 0.855. The summed E-state index contributed by atoms with van der Waals surface area (Å²) in [6, 6.07) is 14.6. The highest BCUT2D eigenvalue weighted by Gasteiger charge is 2.04. The largest absolute Gasteiger partial charge is 0.388 e. The van der Waals surface area contributed by atoms with Gasteiger partial charge in [0, 0.05) is 25.4 Å². The average Bonchev–Trinajstić information content (AvgIpc) is 2.82. The van der Waals surface area contributed by atoms with Gasteiger partial charge in [-0.15, -0.1) is 0 Å². The topological polar surface area (TPSA) is 29.3 Å². The number of anilines is 1. The minimum Gasteiger partial charge on any atom is -0.388 e. The summed E-state index contributed by atoms with van der Waals surface area (Å²) >= 11 is 0. The number of hydrogen-bond donors (Lipinski definition) is 1. The highest BCUT2D eigenvalue weighted by Crippen LogP contribution is 2.15. The van der Waals surface area contributed by atoms with Gasteiger partial charge in [-0.2, -0.15) is 0 Å². The van der Waals surface area contributed by atoms with E-state index in [4.69, 9.17) is 0 Å². The van der Waals surface area contributed by atoms with E-state index in [0.717, 1.165) is 23.4 Å². The first kappa shape index (κ1) is 10.8. The van der Waals surface area contributed by atoms with Crippen molar-refractivity contribution in [3.8, 4) is 0 Å². The third kappa shape index (κ3) is 1.95. The van der Waals surface area contributed by atoms with E-state index in [1.807, 2.05) is 19.3 Å². The summed E-state index contributed by atoms with van der Waals surface area (Å²) in [7, 11) is 1.92. The summed E-state index contributed by atoms with van der Waals surface area (Å²) in [5, 5.41) is 3.14. The summed E-state index contributed by atoms with van der Waals surface area (Å²) in [5.74, 6) is 1.07. The van der Waals surface area contributed by atoms with Crippen LogP contribution in [0, 0.1) is 0 Å². The molecule has 3 nitrogen and oxygen atoms in total. The van der Waals surface area contributed by atoms with E-state index >= 15 is 0 Å². The SMILES string of the molecule is CNc1ccn2c(Cc3ccccc3)ncc2c1. The molecule has 0 aliphatic carbocycles. The first-order valence-corrected chi connectivity index (χ1v) is 6.04. The lowest BCUT2D eigenvalue weighted by Crippen LogP contribution is -1.97. The molecule has 3 aromatic rings. The summed E-state index contributed by atoms with van der Waals surface area (Å²) in [6.07, 6.45) is 4.83. The second-order valence-electron chi connectivity index (χ2n) is 4.30. The Hall–Kier alpha value is -2.29. The van der Waals surface area contributed by atoms with Gasteiger partial charge < -0.3 is 9.72 Å². The standard InChI is InChI=1S/C15H15N3/c1-16-13-7-8-18-14(10-13)11-17-15(18)9-12-5-3-2-4-6-12/h2-8,10-11,16H,9H2,1H3. The third-order valence-corrected chi connectivity index (χ3v) is 3.10. The van der Waals surface area contributed by atoms with E-state index in [0.29, 0.717) is 0 Å². The molecule has 0 spiro atoms. The van der Waals surface area contributed by atoms with Gasteiger partial charge in [0.25, 0.3) is 0 Å². The Morgan fingerprint density at radius 3 is 2.78 bits per heavy atom. The number of imidazole rings is 1. The van der Waals surface area contributed by atoms with Gasteiger partial charge in [0.2, 0.25) is 0 Å². The fourth-order valence-corrected chi connectivity index (χ4v) is 2.12. The molecule has 0 saturated carbocycles. The predicted molar refractivity (Wildman–Crippen MR) is 74.0 cm³/mol. The number of aromatic nitrogens is 2. The van der Waals surface area contributed by atoms with Gasteiger partial charge >= 0.3 is 0 Å².